The van der Waals surface area contributed by atoms with Gasteiger partial charge in [0.15, 0.2) is 5.88 Å². The molecule has 1 fully saturated rings. The summed E-state index contributed by atoms with van der Waals surface area (Å²) in [4.78, 5) is 0. The maximum Gasteiger partial charge on any atom is 0.179 e. The highest BCUT2D eigenvalue weighted by molar-refractivity contribution is 4.94. The number of hydrogen-bond acceptors (Lipinski definition) is 2. The third kappa shape index (κ3) is 4.20. The summed E-state index contributed by atoms with van der Waals surface area (Å²) in [6.45, 7) is 13.2. The summed E-state index contributed by atoms with van der Waals surface area (Å²) in [5.41, 5.74) is 0.360. The van der Waals surface area contributed by atoms with Crippen molar-refractivity contribution in [3.8, 4) is 0 Å². The third-order valence-electron chi connectivity index (χ3n) is 2.25. The van der Waals surface area contributed by atoms with Crippen LogP contribution in [-0.4, -0.2) is 12.1 Å². The lowest BCUT2D eigenvalue weighted by molar-refractivity contribution is 0.0403. The molecule has 0 aromatic carbocycles. The van der Waals surface area contributed by atoms with Gasteiger partial charge < -0.3 is 10.1 Å². The first-order chi connectivity index (χ1) is 5.81. The van der Waals surface area contributed by atoms with Crippen molar-refractivity contribution in [1.82, 2.24) is 5.32 Å². The molecule has 0 aliphatic heterocycles. The molecule has 2 nitrogen and oxygen atoms in total. The lowest BCUT2D eigenvalue weighted by Crippen LogP contribution is -2.28. The van der Waals surface area contributed by atoms with E-state index in [1.54, 1.807) is 0 Å². The van der Waals surface area contributed by atoms with E-state index in [2.05, 4.69) is 18.8 Å². The predicted molar refractivity (Wildman–Crippen MR) is 55.3 cm³/mol. The summed E-state index contributed by atoms with van der Waals surface area (Å²) in [7, 11) is 0. The molecule has 1 aliphatic rings. The fourth-order valence-corrected chi connectivity index (χ4v) is 1.11. The molecule has 0 radical (unpaired) electrons. The second kappa shape index (κ2) is 3.24. The summed E-state index contributed by atoms with van der Waals surface area (Å²) >= 11 is 0. The molecule has 0 heterocycles. The summed E-state index contributed by atoms with van der Waals surface area (Å²) in [5, 5.41) is 3.22. The van der Waals surface area contributed by atoms with Crippen LogP contribution in [0.5, 0.6) is 0 Å². The highest BCUT2D eigenvalue weighted by atomic mass is 16.5. The molecule has 0 spiro atoms. The zero-order chi connectivity index (χ0) is 10.1. The molecule has 1 rings (SSSR count). The van der Waals surface area contributed by atoms with E-state index in [1.165, 1.54) is 12.8 Å². The van der Waals surface area contributed by atoms with Crippen molar-refractivity contribution >= 4 is 0 Å². The molecule has 1 saturated carbocycles. The Kier molecular flexibility index (Phi) is 2.60. The summed E-state index contributed by atoms with van der Waals surface area (Å²) < 4.78 is 5.56. The molecular weight excluding hydrogens is 162 g/mol. The minimum absolute atomic E-state index is 0.144. The molecule has 0 aromatic rings. The predicted octanol–water partition coefficient (Wildman–Crippen LogP) is 2.66. The van der Waals surface area contributed by atoms with Crippen LogP contribution in [0.25, 0.3) is 0 Å². The summed E-state index contributed by atoms with van der Waals surface area (Å²) in [6, 6.07) is 0. The molecule has 1 aliphatic carbocycles. The van der Waals surface area contributed by atoms with Crippen LogP contribution in [0.15, 0.2) is 12.5 Å². The van der Waals surface area contributed by atoms with E-state index >= 15 is 0 Å². The fourth-order valence-electron chi connectivity index (χ4n) is 1.11. The van der Waals surface area contributed by atoms with Gasteiger partial charge >= 0.3 is 0 Å². The van der Waals surface area contributed by atoms with Crippen LogP contribution in [0.3, 0.4) is 0 Å². The van der Waals surface area contributed by atoms with Gasteiger partial charge in [-0.1, -0.05) is 6.92 Å². The van der Waals surface area contributed by atoms with Gasteiger partial charge in [0.05, 0.1) is 0 Å². The maximum absolute atomic E-state index is 5.56. The average Bonchev–Trinajstić information content (AvgIpc) is 2.62. The van der Waals surface area contributed by atoms with Crippen LogP contribution in [-0.2, 0) is 4.74 Å². The molecule has 0 amide bonds. The maximum atomic E-state index is 5.56. The fraction of sp³-hybridized carbons (Fsp3) is 0.818. The van der Waals surface area contributed by atoms with Crippen molar-refractivity contribution in [2.45, 2.75) is 46.1 Å². The largest absolute Gasteiger partial charge is 0.474 e. The van der Waals surface area contributed by atoms with E-state index in [0.29, 0.717) is 11.3 Å². The molecule has 1 N–H and O–H groups in total. The Labute approximate surface area is 81.4 Å². The number of ether oxygens (including phenoxy) is 1. The smallest absolute Gasteiger partial charge is 0.179 e. The molecule has 2 heteroatoms. The summed E-state index contributed by atoms with van der Waals surface area (Å²) in [6.07, 6.45) is 2.64. The van der Waals surface area contributed by atoms with Crippen LogP contribution in [0.1, 0.15) is 40.5 Å². The third-order valence-corrected chi connectivity index (χ3v) is 2.25. The van der Waals surface area contributed by atoms with Gasteiger partial charge in [-0.15, -0.1) is 0 Å². The van der Waals surface area contributed by atoms with E-state index in [-0.39, 0.29) is 5.60 Å². The van der Waals surface area contributed by atoms with Gasteiger partial charge in [-0.05, 0) is 45.6 Å². The second-order valence-corrected chi connectivity index (χ2v) is 5.30. The molecule has 13 heavy (non-hydrogen) atoms. The highest BCUT2D eigenvalue weighted by Crippen LogP contribution is 2.44. The standard InChI is InChI=1S/C11H21NO/c1-9(13-10(2,3)4)12-8-11(5)6-7-11/h12H,1,6-8H2,2-5H3. The van der Waals surface area contributed by atoms with Crippen molar-refractivity contribution < 1.29 is 4.74 Å². The minimum Gasteiger partial charge on any atom is -0.474 e. The van der Waals surface area contributed by atoms with Gasteiger partial charge in [-0.3, -0.25) is 0 Å². The molecule has 0 aromatic heterocycles. The first-order valence-corrected chi connectivity index (χ1v) is 4.93. The molecule has 0 bridgehead atoms. The molecule has 0 saturated heterocycles. The van der Waals surface area contributed by atoms with Crippen molar-refractivity contribution in [2.75, 3.05) is 6.54 Å². The van der Waals surface area contributed by atoms with E-state index < -0.39 is 0 Å². The van der Waals surface area contributed by atoms with Crippen molar-refractivity contribution in [3.63, 3.8) is 0 Å². The van der Waals surface area contributed by atoms with Gasteiger partial charge in [0.1, 0.15) is 5.60 Å². The number of hydrogen-bond donors (Lipinski definition) is 1. The average molecular weight is 183 g/mol. The van der Waals surface area contributed by atoms with Crippen LogP contribution >= 0.6 is 0 Å². The SMILES string of the molecule is C=C(NCC1(C)CC1)OC(C)(C)C. The van der Waals surface area contributed by atoms with Gasteiger partial charge in [-0.25, -0.2) is 0 Å². The molecule has 0 atom stereocenters. The van der Waals surface area contributed by atoms with Crippen molar-refractivity contribution in [2.24, 2.45) is 5.41 Å². The normalized spacial score (nSPS) is 19.4. The Bertz CT molecular complexity index is 199. The first-order valence-electron chi connectivity index (χ1n) is 4.93. The zero-order valence-corrected chi connectivity index (χ0v) is 9.24. The van der Waals surface area contributed by atoms with Gasteiger partial charge in [-0.2, -0.15) is 0 Å². The zero-order valence-electron chi connectivity index (χ0n) is 9.24. The lowest BCUT2D eigenvalue weighted by atomic mass is 10.1. The second-order valence-electron chi connectivity index (χ2n) is 5.30. The van der Waals surface area contributed by atoms with E-state index in [9.17, 15) is 0 Å². The Morgan fingerprint density at radius 1 is 1.46 bits per heavy atom. The van der Waals surface area contributed by atoms with E-state index in [4.69, 9.17) is 4.74 Å². The quantitative estimate of drug-likeness (QED) is 0.677. The van der Waals surface area contributed by atoms with Crippen LogP contribution < -0.4 is 5.32 Å². The number of rotatable bonds is 4. The Morgan fingerprint density at radius 2 is 2.00 bits per heavy atom. The molecule has 0 unspecified atom stereocenters. The van der Waals surface area contributed by atoms with Crippen LogP contribution in [0, 0.1) is 5.41 Å². The van der Waals surface area contributed by atoms with Gasteiger partial charge in [0.25, 0.3) is 0 Å². The number of nitrogens with one attached hydrogen (secondary N) is 1. The lowest BCUT2D eigenvalue weighted by Gasteiger charge is -2.24. The van der Waals surface area contributed by atoms with Crippen molar-refractivity contribution in [3.05, 3.63) is 12.5 Å². The Hall–Kier alpha value is -0.660. The molecular formula is C11H21NO. The first kappa shape index (κ1) is 10.4. The minimum atomic E-state index is -0.144. The molecule has 76 valence electrons. The topological polar surface area (TPSA) is 21.3 Å². The highest BCUT2D eigenvalue weighted by Gasteiger charge is 2.37. The van der Waals surface area contributed by atoms with E-state index in [0.717, 1.165) is 6.54 Å². The summed E-state index contributed by atoms with van der Waals surface area (Å²) in [5.74, 6) is 0.695. The Morgan fingerprint density at radius 3 is 2.38 bits per heavy atom. The van der Waals surface area contributed by atoms with Crippen LogP contribution in [0.4, 0.5) is 0 Å². The Balaban J connectivity index is 2.18. The van der Waals surface area contributed by atoms with Crippen LogP contribution in [0.2, 0.25) is 0 Å². The van der Waals surface area contributed by atoms with Gasteiger partial charge in [0, 0.05) is 6.54 Å². The van der Waals surface area contributed by atoms with Gasteiger partial charge in [0.2, 0.25) is 0 Å². The monoisotopic (exact) mass is 183 g/mol. The van der Waals surface area contributed by atoms with E-state index in [1.807, 2.05) is 20.8 Å². The van der Waals surface area contributed by atoms with Crippen molar-refractivity contribution in [1.29, 1.82) is 0 Å².